The molecular weight excluding hydrogens is 398 g/mol. The van der Waals surface area contributed by atoms with E-state index < -0.39 is 11.2 Å². The monoisotopic (exact) mass is 421 g/mol. The molecule has 0 radical (unpaired) electrons. The number of rotatable bonds is 5. The fourth-order valence-electron chi connectivity index (χ4n) is 4.41. The van der Waals surface area contributed by atoms with Crippen LogP contribution in [0.4, 0.5) is 0 Å². The molecule has 31 heavy (non-hydrogen) atoms. The average molecular weight is 421 g/mol. The summed E-state index contributed by atoms with van der Waals surface area (Å²) in [7, 11) is 0. The Kier molecular flexibility index (Phi) is 4.81. The van der Waals surface area contributed by atoms with Gasteiger partial charge in [0.1, 0.15) is 0 Å². The average Bonchev–Trinajstić information content (AvgIpc) is 3.40. The molecule has 1 atom stereocenters. The first-order valence-corrected chi connectivity index (χ1v) is 10.4. The number of likely N-dealkylation sites (tertiary alicyclic amines) is 1. The van der Waals surface area contributed by atoms with E-state index in [2.05, 4.69) is 40.5 Å². The number of hydrogen-bond donors (Lipinski definition) is 2. The molecule has 2 aromatic rings. The summed E-state index contributed by atoms with van der Waals surface area (Å²) < 4.78 is 1.95. The molecule has 1 unspecified atom stereocenters. The summed E-state index contributed by atoms with van der Waals surface area (Å²) in [5.74, 6) is 1.03. The van der Waals surface area contributed by atoms with Crippen LogP contribution in [0.15, 0.2) is 21.7 Å². The number of hydrogen-bond acceptors (Lipinski definition) is 8. The van der Waals surface area contributed by atoms with Crippen molar-refractivity contribution in [3.8, 4) is 11.5 Å². The summed E-state index contributed by atoms with van der Waals surface area (Å²) in [6, 6.07) is 4.35. The number of tetrazole rings is 1. The lowest BCUT2D eigenvalue weighted by molar-refractivity contribution is 0.241. The molecule has 4 heterocycles. The van der Waals surface area contributed by atoms with Crippen LogP contribution in [0, 0.1) is 13.8 Å². The first-order chi connectivity index (χ1) is 15.0. The molecule has 1 aromatic carbocycles. The van der Waals surface area contributed by atoms with Gasteiger partial charge in [-0.2, -0.15) is 10.2 Å². The van der Waals surface area contributed by atoms with E-state index in [1.54, 1.807) is 0 Å². The number of aromatic amines is 2. The molecule has 0 amide bonds. The van der Waals surface area contributed by atoms with Crippen molar-refractivity contribution in [2.45, 2.75) is 45.7 Å². The summed E-state index contributed by atoms with van der Waals surface area (Å²) in [5, 5.41) is 14.3. The van der Waals surface area contributed by atoms with Crippen LogP contribution in [0.3, 0.4) is 0 Å². The second kappa shape index (κ2) is 7.65. The number of aryl methyl sites for hydroxylation is 2. The molecule has 1 aromatic heterocycles. The highest BCUT2D eigenvalue weighted by atomic mass is 16.2. The SMILES string of the molecule is Cc1cc2nc3c(=O)[nH]c(=O)nc-3n(CCN3CCCC3Cc3nn[nH]n3)c2cc1C. The molecule has 11 heteroatoms. The fourth-order valence-corrected chi connectivity index (χ4v) is 4.41. The van der Waals surface area contributed by atoms with E-state index in [1.807, 2.05) is 30.5 Å². The van der Waals surface area contributed by atoms with Gasteiger partial charge in [0, 0.05) is 25.6 Å². The van der Waals surface area contributed by atoms with Crippen LogP contribution in [-0.2, 0) is 13.0 Å². The summed E-state index contributed by atoms with van der Waals surface area (Å²) in [5.41, 5.74) is 2.79. The molecule has 0 bridgehead atoms. The summed E-state index contributed by atoms with van der Waals surface area (Å²) in [6.07, 6.45) is 2.91. The van der Waals surface area contributed by atoms with Crippen LogP contribution in [0.5, 0.6) is 0 Å². The number of H-pyrrole nitrogens is 2. The maximum atomic E-state index is 12.4. The lowest BCUT2D eigenvalue weighted by Crippen LogP contribution is -2.35. The molecule has 160 valence electrons. The smallest absolute Gasteiger partial charge is 0.321 e. The van der Waals surface area contributed by atoms with Crippen molar-refractivity contribution in [3.63, 3.8) is 0 Å². The van der Waals surface area contributed by atoms with Gasteiger partial charge in [-0.3, -0.25) is 14.7 Å². The molecule has 11 nitrogen and oxygen atoms in total. The molecule has 5 rings (SSSR count). The molecule has 0 spiro atoms. The lowest BCUT2D eigenvalue weighted by atomic mass is 10.1. The molecule has 1 saturated heterocycles. The van der Waals surface area contributed by atoms with Crippen LogP contribution in [0.2, 0.25) is 0 Å². The maximum absolute atomic E-state index is 12.4. The van der Waals surface area contributed by atoms with Crippen molar-refractivity contribution >= 4 is 11.0 Å². The van der Waals surface area contributed by atoms with Crippen LogP contribution in [-0.4, -0.2) is 64.2 Å². The Hall–Kier alpha value is -3.47. The van der Waals surface area contributed by atoms with Crippen LogP contribution in [0.1, 0.15) is 29.8 Å². The zero-order valence-corrected chi connectivity index (χ0v) is 17.4. The normalized spacial score (nSPS) is 17.2. The Morgan fingerprint density at radius 1 is 1.13 bits per heavy atom. The van der Waals surface area contributed by atoms with Crippen molar-refractivity contribution in [1.29, 1.82) is 0 Å². The van der Waals surface area contributed by atoms with E-state index in [0.717, 1.165) is 49.0 Å². The van der Waals surface area contributed by atoms with Crippen molar-refractivity contribution in [1.82, 2.24) is 45.0 Å². The van der Waals surface area contributed by atoms with Gasteiger partial charge in [0.25, 0.3) is 5.56 Å². The maximum Gasteiger partial charge on any atom is 0.349 e. The molecule has 0 saturated carbocycles. The number of nitrogens with one attached hydrogen (secondary N) is 2. The van der Waals surface area contributed by atoms with Gasteiger partial charge in [-0.15, -0.1) is 10.2 Å². The summed E-state index contributed by atoms with van der Waals surface area (Å²) >= 11 is 0. The zero-order valence-electron chi connectivity index (χ0n) is 17.4. The van der Waals surface area contributed by atoms with Gasteiger partial charge in [-0.1, -0.05) is 5.21 Å². The zero-order chi connectivity index (χ0) is 21.5. The van der Waals surface area contributed by atoms with Gasteiger partial charge in [-0.25, -0.2) is 9.78 Å². The van der Waals surface area contributed by atoms with Gasteiger partial charge < -0.3 is 4.57 Å². The third kappa shape index (κ3) is 3.61. The quantitative estimate of drug-likeness (QED) is 0.442. The number of aromatic nitrogens is 8. The van der Waals surface area contributed by atoms with E-state index in [0.29, 0.717) is 29.8 Å². The first-order valence-electron chi connectivity index (χ1n) is 10.4. The minimum absolute atomic E-state index is 0.181. The van der Waals surface area contributed by atoms with Crippen LogP contribution < -0.4 is 11.2 Å². The van der Waals surface area contributed by atoms with E-state index in [4.69, 9.17) is 0 Å². The Bertz CT molecular complexity index is 1330. The molecule has 0 aliphatic carbocycles. The largest absolute Gasteiger partial charge is 0.349 e. The Morgan fingerprint density at radius 2 is 1.97 bits per heavy atom. The molecule has 1 fully saturated rings. The topological polar surface area (TPSA) is 138 Å². The van der Waals surface area contributed by atoms with E-state index in [9.17, 15) is 9.59 Å². The third-order valence-corrected chi connectivity index (χ3v) is 6.14. The van der Waals surface area contributed by atoms with Gasteiger partial charge in [0.05, 0.1) is 11.0 Å². The highest BCUT2D eigenvalue weighted by Gasteiger charge is 2.27. The second-order valence-electron chi connectivity index (χ2n) is 8.10. The fraction of sp³-hybridized carbons (Fsp3) is 0.450. The van der Waals surface area contributed by atoms with Gasteiger partial charge in [0.2, 0.25) is 0 Å². The summed E-state index contributed by atoms with van der Waals surface area (Å²) in [6.45, 7) is 6.35. The van der Waals surface area contributed by atoms with E-state index in [1.165, 1.54) is 0 Å². The number of nitrogens with zero attached hydrogens (tertiary/aromatic N) is 7. The predicted molar refractivity (Wildman–Crippen MR) is 113 cm³/mol. The van der Waals surface area contributed by atoms with Crippen molar-refractivity contribution in [2.75, 3.05) is 13.1 Å². The van der Waals surface area contributed by atoms with Crippen molar-refractivity contribution in [3.05, 3.63) is 49.9 Å². The Morgan fingerprint density at radius 3 is 2.77 bits per heavy atom. The van der Waals surface area contributed by atoms with Crippen molar-refractivity contribution in [2.24, 2.45) is 0 Å². The van der Waals surface area contributed by atoms with Crippen molar-refractivity contribution < 1.29 is 0 Å². The molecular formula is C20H23N9O2. The highest BCUT2D eigenvalue weighted by molar-refractivity contribution is 5.81. The van der Waals surface area contributed by atoms with Gasteiger partial charge in [0.15, 0.2) is 17.3 Å². The minimum Gasteiger partial charge on any atom is -0.321 e. The lowest BCUT2D eigenvalue weighted by Gasteiger charge is -2.25. The Labute approximate surface area is 176 Å². The molecule has 3 aliphatic rings. The minimum atomic E-state index is -0.660. The standard InChI is InChI=1S/C20H23N9O2/c1-11-8-14-15(9-12(11)2)29(18-17(21-14)19(30)23-20(31)22-18)7-6-28-5-3-4-13(28)10-16-24-26-27-25-16/h8-9,13H,3-7,10H2,1-2H3,(H,23,30,31)(H,24,25,26,27). The predicted octanol–water partition coefficient (Wildman–Crippen LogP) is 0.422. The van der Waals surface area contributed by atoms with E-state index >= 15 is 0 Å². The van der Waals surface area contributed by atoms with Gasteiger partial charge in [-0.05, 0) is 56.5 Å². The molecule has 2 N–H and O–H groups in total. The van der Waals surface area contributed by atoms with E-state index in [-0.39, 0.29) is 5.69 Å². The Balaban J connectivity index is 1.53. The second-order valence-corrected chi connectivity index (χ2v) is 8.10. The highest BCUT2D eigenvalue weighted by Crippen LogP contribution is 2.25. The van der Waals surface area contributed by atoms with Crippen LogP contribution in [0.25, 0.3) is 22.6 Å². The number of fused-ring (bicyclic) bond motifs is 2. The molecule has 3 aliphatic heterocycles. The van der Waals surface area contributed by atoms with Gasteiger partial charge >= 0.3 is 5.69 Å². The third-order valence-electron chi connectivity index (χ3n) is 6.14. The number of benzene rings is 1. The van der Waals surface area contributed by atoms with Crippen LogP contribution >= 0.6 is 0 Å². The summed E-state index contributed by atoms with van der Waals surface area (Å²) in [4.78, 5) is 37.6. The first kappa shape index (κ1) is 19.5.